The van der Waals surface area contributed by atoms with Gasteiger partial charge in [0.1, 0.15) is 5.78 Å². The van der Waals surface area contributed by atoms with Crippen molar-refractivity contribution in [2.24, 2.45) is 0 Å². The number of carbonyl (C=O) groups is 1. The second-order valence-corrected chi connectivity index (χ2v) is 5.99. The molecule has 2 atom stereocenters. The first-order chi connectivity index (χ1) is 9.06. The SMILES string of the molecule is O=C1CC2CCC(C1)N2c1ccc([N+](=O)[O-])cc1Br. The number of carbonyl (C=O) groups excluding carboxylic acids is 1. The van der Waals surface area contributed by atoms with E-state index >= 15 is 0 Å². The third kappa shape index (κ3) is 2.14. The van der Waals surface area contributed by atoms with Gasteiger partial charge in [0, 0.05) is 41.5 Å². The van der Waals surface area contributed by atoms with Gasteiger partial charge in [0.15, 0.2) is 0 Å². The van der Waals surface area contributed by atoms with E-state index in [0.717, 1.165) is 23.0 Å². The molecule has 5 nitrogen and oxygen atoms in total. The molecular weight excluding hydrogens is 312 g/mol. The standard InChI is InChI=1S/C13H13BrN2O3/c14-12-7-10(16(18)19)3-4-13(12)15-8-1-2-9(15)6-11(17)5-8/h3-4,7-9H,1-2,5-6H2. The van der Waals surface area contributed by atoms with Gasteiger partial charge in [-0.3, -0.25) is 14.9 Å². The van der Waals surface area contributed by atoms with Crippen molar-refractivity contribution in [1.82, 2.24) is 0 Å². The third-order valence-corrected chi connectivity index (χ3v) is 4.60. The Kier molecular flexibility index (Phi) is 3.05. The number of hydrogen-bond acceptors (Lipinski definition) is 4. The first-order valence-electron chi connectivity index (χ1n) is 6.30. The van der Waals surface area contributed by atoms with Gasteiger partial charge in [0.2, 0.25) is 0 Å². The number of halogens is 1. The average Bonchev–Trinajstić information content (AvgIpc) is 2.62. The molecule has 100 valence electrons. The molecule has 2 fully saturated rings. The maximum Gasteiger partial charge on any atom is 0.270 e. The van der Waals surface area contributed by atoms with E-state index in [4.69, 9.17) is 0 Å². The largest absolute Gasteiger partial charge is 0.364 e. The Morgan fingerprint density at radius 1 is 1.26 bits per heavy atom. The van der Waals surface area contributed by atoms with E-state index in [1.807, 2.05) is 0 Å². The molecule has 0 saturated carbocycles. The molecule has 1 aromatic carbocycles. The quantitative estimate of drug-likeness (QED) is 0.619. The average molecular weight is 325 g/mol. The molecule has 0 N–H and O–H groups in total. The minimum atomic E-state index is -0.400. The Bertz CT molecular complexity index is 545. The van der Waals surface area contributed by atoms with Crippen molar-refractivity contribution >= 4 is 33.1 Å². The molecule has 0 spiro atoms. The van der Waals surface area contributed by atoms with Crippen LogP contribution in [0.5, 0.6) is 0 Å². The minimum absolute atomic E-state index is 0.0797. The van der Waals surface area contributed by atoms with Crippen LogP contribution in [0.25, 0.3) is 0 Å². The fourth-order valence-electron chi connectivity index (χ4n) is 3.18. The van der Waals surface area contributed by atoms with Gasteiger partial charge in [0.25, 0.3) is 5.69 Å². The second kappa shape index (κ2) is 4.59. The van der Waals surface area contributed by atoms with E-state index in [1.165, 1.54) is 12.1 Å². The summed E-state index contributed by atoms with van der Waals surface area (Å²) in [4.78, 5) is 24.2. The molecule has 2 heterocycles. The fourth-order valence-corrected chi connectivity index (χ4v) is 3.75. The number of Topliss-reactive ketones (excluding diaryl/α,β-unsaturated/α-hetero) is 1. The second-order valence-electron chi connectivity index (χ2n) is 5.13. The lowest BCUT2D eigenvalue weighted by atomic mass is 10.0. The first kappa shape index (κ1) is 12.6. The number of ketones is 1. The van der Waals surface area contributed by atoms with Crippen LogP contribution in [0.2, 0.25) is 0 Å². The molecule has 1 aromatic rings. The molecule has 0 radical (unpaired) electrons. The number of hydrogen-bond donors (Lipinski definition) is 0. The molecule has 0 aromatic heterocycles. The van der Waals surface area contributed by atoms with Crippen molar-refractivity contribution in [1.29, 1.82) is 0 Å². The Labute approximate surface area is 118 Å². The van der Waals surface area contributed by atoms with Gasteiger partial charge in [-0.2, -0.15) is 0 Å². The van der Waals surface area contributed by atoms with Gasteiger partial charge in [0.05, 0.1) is 10.6 Å². The summed E-state index contributed by atoms with van der Waals surface area (Å²) in [5.74, 6) is 0.335. The Balaban J connectivity index is 1.95. The zero-order valence-electron chi connectivity index (χ0n) is 10.2. The van der Waals surface area contributed by atoms with Crippen molar-refractivity contribution in [3.63, 3.8) is 0 Å². The fraction of sp³-hybridized carbons (Fsp3) is 0.462. The predicted molar refractivity (Wildman–Crippen MR) is 74.3 cm³/mol. The van der Waals surface area contributed by atoms with E-state index in [9.17, 15) is 14.9 Å². The number of benzene rings is 1. The highest BCUT2D eigenvalue weighted by Crippen LogP contribution is 2.41. The molecule has 6 heteroatoms. The lowest BCUT2D eigenvalue weighted by Crippen LogP contribution is -2.43. The van der Waals surface area contributed by atoms with Crippen LogP contribution >= 0.6 is 15.9 Å². The van der Waals surface area contributed by atoms with Crippen molar-refractivity contribution < 1.29 is 9.72 Å². The van der Waals surface area contributed by atoms with Gasteiger partial charge < -0.3 is 4.90 Å². The topological polar surface area (TPSA) is 63.5 Å². The molecule has 2 aliphatic rings. The molecule has 19 heavy (non-hydrogen) atoms. The monoisotopic (exact) mass is 324 g/mol. The van der Waals surface area contributed by atoms with Gasteiger partial charge in [-0.25, -0.2) is 0 Å². The lowest BCUT2D eigenvalue weighted by molar-refractivity contribution is -0.384. The van der Waals surface area contributed by atoms with Gasteiger partial charge >= 0.3 is 0 Å². The molecule has 0 aliphatic carbocycles. The van der Waals surface area contributed by atoms with Gasteiger partial charge in [-0.15, -0.1) is 0 Å². The highest BCUT2D eigenvalue weighted by Gasteiger charge is 2.40. The zero-order chi connectivity index (χ0) is 13.6. The van der Waals surface area contributed by atoms with Crippen molar-refractivity contribution in [3.05, 3.63) is 32.8 Å². The highest BCUT2D eigenvalue weighted by atomic mass is 79.9. The van der Waals surface area contributed by atoms with Crippen LogP contribution in [0.1, 0.15) is 25.7 Å². The molecule has 0 amide bonds. The summed E-state index contributed by atoms with van der Waals surface area (Å²) in [5, 5.41) is 10.8. The van der Waals surface area contributed by atoms with E-state index in [2.05, 4.69) is 20.8 Å². The number of anilines is 1. The van der Waals surface area contributed by atoms with E-state index < -0.39 is 4.92 Å². The van der Waals surface area contributed by atoms with E-state index in [0.29, 0.717) is 18.6 Å². The van der Waals surface area contributed by atoms with Crippen molar-refractivity contribution in [2.45, 2.75) is 37.8 Å². The summed E-state index contributed by atoms with van der Waals surface area (Å²) < 4.78 is 0.730. The van der Waals surface area contributed by atoms with E-state index in [1.54, 1.807) is 6.07 Å². The van der Waals surface area contributed by atoms with Crippen LogP contribution in [0.3, 0.4) is 0 Å². The minimum Gasteiger partial charge on any atom is -0.364 e. The molecule has 2 aliphatic heterocycles. The molecule has 3 rings (SSSR count). The lowest BCUT2D eigenvalue weighted by Gasteiger charge is -2.36. The van der Waals surface area contributed by atoms with Crippen LogP contribution in [0.15, 0.2) is 22.7 Å². The summed E-state index contributed by atoms with van der Waals surface area (Å²) >= 11 is 3.42. The van der Waals surface area contributed by atoms with Crippen LogP contribution in [0.4, 0.5) is 11.4 Å². The number of piperidine rings is 1. The molecule has 2 saturated heterocycles. The van der Waals surface area contributed by atoms with Crippen molar-refractivity contribution in [3.8, 4) is 0 Å². The van der Waals surface area contributed by atoms with Crippen LogP contribution in [0, 0.1) is 10.1 Å². The summed E-state index contributed by atoms with van der Waals surface area (Å²) in [6.45, 7) is 0. The zero-order valence-corrected chi connectivity index (χ0v) is 11.8. The van der Waals surface area contributed by atoms with Gasteiger partial charge in [-0.1, -0.05) is 0 Å². The summed E-state index contributed by atoms with van der Waals surface area (Å²) in [6.07, 6.45) is 3.25. The molecule has 2 bridgehead atoms. The predicted octanol–water partition coefficient (Wildman–Crippen LogP) is 3.06. The van der Waals surface area contributed by atoms with Crippen molar-refractivity contribution in [2.75, 3.05) is 4.90 Å². The molecular formula is C13H13BrN2O3. The Hall–Kier alpha value is -1.43. The number of rotatable bonds is 2. The number of nitro groups is 1. The summed E-state index contributed by atoms with van der Waals surface area (Å²) in [6, 6.07) is 5.35. The number of fused-ring (bicyclic) bond motifs is 2. The summed E-state index contributed by atoms with van der Waals surface area (Å²) in [5.41, 5.74) is 1.04. The van der Waals surface area contributed by atoms with Crippen LogP contribution < -0.4 is 4.90 Å². The van der Waals surface area contributed by atoms with Gasteiger partial charge in [-0.05, 0) is 34.8 Å². The molecule has 2 unspecified atom stereocenters. The Morgan fingerprint density at radius 3 is 2.42 bits per heavy atom. The number of non-ortho nitro benzene ring substituents is 1. The Morgan fingerprint density at radius 2 is 1.89 bits per heavy atom. The van der Waals surface area contributed by atoms with E-state index in [-0.39, 0.29) is 17.8 Å². The maximum atomic E-state index is 11.6. The smallest absolute Gasteiger partial charge is 0.270 e. The number of nitro benzene ring substituents is 1. The van der Waals surface area contributed by atoms with Crippen LogP contribution in [-0.2, 0) is 4.79 Å². The highest BCUT2D eigenvalue weighted by molar-refractivity contribution is 9.10. The third-order valence-electron chi connectivity index (χ3n) is 3.97. The normalized spacial score (nSPS) is 25.7. The summed E-state index contributed by atoms with van der Waals surface area (Å²) in [7, 11) is 0. The first-order valence-corrected chi connectivity index (χ1v) is 7.09. The number of nitrogens with zero attached hydrogens (tertiary/aromatic N) is 2. The van der Waals surface area contributed by atoms with Crippen LogP contribution in [-0.4, -0.2) is 22.8 Å². The maximum absolute atomic E-state index is 11.6.